The minimum absolute atomic E-state index is 0.0577. The molecule has 1 amide bonds. The predicted molar refractivity (Wildman–Crippen MR) is 93.1 cm³/mol. The second kappa shape index (κ2) is 7.77. The van der Waals surface area contributed by atoms with Crippen molar-refractivity contribution in [1.29, 1.82) is 0 Å². The Balaban J connectivity index is 2.39. The van der Waals surface area contributed by atoms with Crippen molar-refractivity contribution in [3.63, 3.8) is 0 Å². The normalized spacial score (nSPS) is 11.8. The number of nitrogens with zero attached hydrogens (tertiary/aromatic N) is 2. The Morgan fingerprint density at radius 1 is 1.33 bits per heavy atom. The fraction of sp³-hybridized carbons (Fsp3) is 0.389. The van der Waals surface area contributed by atoms with E-state index in [1.54, 1.807) is 26.2 Å². The first-order valence-electron chi connectivity index (χ1n) is 7.96. The number of hydrogen-bond donors (Lipinski definition) is 1. The van der Waals surface area contributed by atoms with Crippen LogP contribution in [-0.4, -0.2) is 28.6 Å². The van der Waals surface area contributed by atoms with Gasteiger partial charge >= 0.3 is 0 Å². The molecule has 0 fully saturated rings. The third-order valence-corrected chi connectivity index (χ3v) is 3.81. The van der Waals surface area contributed by atoms with Crippen molar-refractivity contribution in [2.45, 2.75) is 39.8 Å². The van der Waals surface area contributed by atoms with Crippen molar-refractivity contribution < 1.29 is 9.53 Å². The monoisotopic (exact) mass is 329 g/mol. The lowest BCUT2D eigenvalue weighted by Gasteiger charge is -2.15. The predicted octanol–water partition coefficient (Wildman–Crippen LogP) is 2.14. The van der Waals surface area contributed by atoms with Gasteiger partial charge in [0.25, 0.3) is 5.56 Å². The Kier molecular flexibility index (Phi) is 5.73. The second-order valence-electron chi connectivity index (χ2n) is 5.75. The van der Waals surface area contributed by atoms with E-state index >= 15 is 0 Å². The maximum Gasteiger partial charge on any atom is 0.254 e. The summed E-state index contributed by atoms with van der Waals surface area (Å²) in [5, 5.41) is 2.87. The van der Waals surface area contributed by atoms with E-state index in [1.165, 1.54) is 10.6 Å². The average molecular weight is 329 g/mol. The molecule has 0 spiro atoms. The number of nitrogens with one attached hydrogen (secondary N) is 1. The topological polar surface area (TPSA) is 73.2 Å². The van der Waals surface area contributed by atoms with Crippen LogP contribution in [0, 0.1) is 6.92 Å². The number of amides is 1. The smallest absolute Gasteiger partial charge is 0.254 e. The number of rotatable bonds is 6. The van der Waals surface area contributed by atoms with Crippen molar-refractivity contribution >= 4 is 5.91 Å². The maximum absolute atomic E-state index is 12.4. The Bertz CT molecular complexity index is 766. The van der Waals surface area contributed by atoms with E-state index in [4.69, 9.17) is 4.74 Å². The van der Waals surface area contributed by atoms with Crippen LogP contribution < -0.4 is 15.6 Å². The molecule has 24 heavy (non-hydrogen) atoms. The molecule has 0 aliphatic heterocycles. The molecule has 1 aromatic carbocycles. The lowest BCUT2D eigenvalue weighted by Crippen LogP contribution is -2.37. The van der Waals surface area contributed by atoms with Gasteiger partial charge in [-0.15, -0.1) is 0 Å². The van der Waals surface area contributed by atoms with Crippen molar-refractivity contribution in [3.05, 3.63) is 46.4 Å². The molecule has 1 N–H and O–H groups in total. The summed E-state index contributed by atoms with van der Waals surface area (Å²) in [6, 6.07) is 8.74. The molecule has 1 unspecified atom stereocenters. The van der Waals surface area contributed by atoms with E-state index in [0.29, 0.717) is 11.5 Å². The summed E-state index contributed by atoms with van der Waals surface area (Å²) < 4.78 is 6.55. The molecule has 0 radical (unpaired) electrons. The van der Waals surface area contributed by atoms with Gasteiger partial charge < -0.3 is 10.1 Å². The first-order valence-corrected chi connectivity index (χ1v) is 7.96. The van der Waals surface area contributed by atoms with E-state index in [-0.39, 0.29) is 24.1 Å². The molecule has 0 saturated carbocycles. The summed E-state index contributed by atoms with van der Waals surface area (Å²) >= 11 is 0. The highest BCUT2D eigenvalue weighted by Crippen LogP contribution is 2.20. The standard InChI is InChI=1S/C18H23N3O3/c1-5-12(2)19-16(22)11-21-17(23)10-13(3)20-18(21)14-6-8-15(24-4)9-7-14/h6-10,12H,5,11H2,1-4H3,(H,19,22). The van der Waals surface area contributed by atoms with Gasteiger partial charge in [-0.3, -0.25) is 14.2 Å². The van der Waals surface area contributed by atoms with Crippen LogP contribution in [0.1, 0.15) is 26.0 Å². The molecule has 1 heterocycles. The molecule has 2 aromatic rings. The minimum Gasteiger partial charge on any atom is -0.497 e. The number of benzene rings is 1. The Labute approximate surface area is 141 Å². The van der Waals surface area contributed by atoms with Crippen LogP contribution in [-0.2, 0) is 11.3 Å². The molecule has 0 aliphatic rings. The van der Waals surface area contributed by atoms with E-state index < -0.39 is 0 Å². The zero-order chi connectivity index (χ0) is 17.7. The van der Waals surface area contributed by atoms with Crippen molar-refractivity contribution in [2.75, 3.05) is 7.11 Å². The summed E-state index contributed by atoms with van der Waals surface area (Å²) in [4.78, 5) is 29.0. The first-order chi connectivity index (χ1) is 11.4. The molecule has 0 bridgehead atoms. The van der Waals surface area contributed by atoms with Gasteiger partial charge in [-0.2, -0.15) is 0 Å². The summed E-state index contributed by atoms with van der Waals surface area (Å²) in [5.41, 5.74) is 1.13. The minimum atomic E-state index is -0.243. The van der Waals surface area contributed by atoms with Crippen LogP contribution in [0.25, 0.3) is 11.4 Å². The number of aromatic nitrogens is 2. The van der Waals surface area contributed by atoms with Crippen LogP contribution in [0.3, 0.4) is 0 Å². The third-order valence-electron chi connectivity index (χ3n) is 3.81. The molecule has 6 nitrogen and oxygen atoms in total. The average Bonchev–Trinajstić information content (AvgIpc) is 2.57. The van der Waals surface area contributed by atoms with Crippen LogP contribution in [0.2, 0.25) is 0 Å². The number of carbonyl (C=O) groups excluding carboxylic acids is 1. The second-order valence-corrected chi connectivity index (χ2v) is 5.75. The molecule has 6 heteroatoms. The molecule has 1 aromatic heterocycles. The zero-order valence-corrected chi connectivity index (χ0v) is 14.5. The van der Waals surface area contributed by atoms with Gasteiger partial charge in [-0.25, -0.2) is 4.98 Å². The zero-order valence-electron chi connectivity index (χ0n) is 14.5. The Morgan fingerprint density at radius 2 is 2.00 bits per heavy atom. The number of methoxy groups -OCH3 is 1. The molecular formula is C18H23N3O3. The van der Waals surface area contributed by atoms with Crippen LogP contribution >= 0.6 is 0 Å². The van der Waals surface area contributed by atoms with E-state index in [9.17, 15) is 9.59 Å². The van der Waals surface area contributed by atoms with Crippen LogP contribution in [0.4, 0.5) is 0 Å². The fourth-order valence-corrected chi connectivity index (χ4v) is 2.30. The van der Waals surface area contributed by atoms with E-state index in [1.807, 2.05) is 26.0 Å². The highest BCUT2D eigenvalue weighted by Gasteiger charge is 2.14. The molecule has 0 aliphatic carbocycles. The van der Waals surface area contributed by atoms with Gasteiger partial charge in [0.15, 0.2) is 0 Å². The van der Waals surface area contributed by atoms with Crippen molar-refractivity contribution in [3.8, 4) is 17.1 Å². The van der Waals surface area contributed by atoms with E-state index in [2.05, 4.69) is 10.3 Å². The quantitative estimate of drug-likeness (QED) is 0.881. The SMILES string of the molecule is CCC(C)NC(=O)Cn1c(-c2ccc(OC)cc2)nc(C)cc1=O. The van der Waals surface area contributed by atoms with Gasteiger partial charge in [0.05, 0.1) is 7.11 Å². The lowest BCUT2D eigenvalue weighted by molar-refractivity contribution is -0.122. The molecule has 0 saturated heterocycles. The molecule has 2 rings (SSSR count). The number of aryl methyl sites for hydroxylation is 1. The largest absolute Gasteiger partial charge is 0.497 e. The summed E-state index contributed by atoms with van der Waals surface area (Å²) in [6.45, 7) is 5.63. The summed E-state index contributed by atoms with van der Waals surface area (Å²) in [5.74, 6) is 0.989. The lowest BCUT2D eigenvalue weighted by atomic mass is 10.2. The molecular weight excluding hydrogens is 306 g/mol. The number of ether oxygens (including phenoxy) is 1. The number of carbonyl (C=O) groups is 1. The Hall–Kier alpha value is -2.63. The van der Waals surface area contributed by atoms with Gasteiger partial charge in [-0.05, 0) is 44.5 Å². The van der Waals surface area contributed by atoms with Gasteiger partial charge in [0.1, 0.15) is 18.1 Å². The molecule has 1 atom stereocenters. The van der Waals surface area contributed by atoms with Crippen molar-refractivity contribution in [1.82, 2.24) is 14.9 Å². The van der Waals surface area contributed by atoms with Crippen LogP contribution in [0.5, 0.6) is 5.75 Å². The number of hydrogen-bond acceptors (Lipinski definition) is 4. The van der Waals surface area contributed by atoms with Gasteiger partial charge in [0, 0.05) is 23.4 Å². The van der Waals surface area contributed by atoms with Crippen molar-refractivity contribution in [2.24, 2.45) is 0 Å². The third kappa shape index (κ3) is 4.22. The van der Waals surface area contributed by atoms with Gasteiger partial charge in [-0.1, -0.05) is 6.92 Å². The fourth-order valence-electron chi connectivity index (χ4n) is 2.30. The first kappa shape index (κ1) is 17.7. The maximum atomic E-state index is 12.4. The summed E-state index contributed by atoms with van der Waals surface area (Å²) in [6.07, 6.45) is 0.831. The van der Waals surface area contributed by atoms with Crippen LogP contribution in [0.15, 0.2) is 35.1 Å². The highest BCUT2D eigenvalue weighted by atomic mass is 16.5. The highest BCUT2D eigenvalue weighted by molar-refractivity contribution is 5.76. The van der Waals surface area contributed by atoms with Gasteiger partial charge in [0.2, 0.25) is 5.91 Å². The molecule has 128 valence electrons. The van der Waals surface area contributed by atoms with E-state index in [0.717, 1.165) is 17.7 Å². The Morgan fingerprint density at radius 3 is 2.58 bits per heavy atom. The summed E-state index contributed by atoms with van der Waals surface area (Å²) in [7, 11) is 1.59.